The van der Waals surface area contributed by atoms with Gasteiger partial charge in [0, 0.05) is 47.9 Å². The molecule has 2 heterocycles. The topological polar surface area (TPSA) is 75.6 Å². The lowest BCUT2D eigenvalue weighted by Gasteiger charge is -2.47. The Labute approximate surface area is 296 Å². The van der Waals surface area contributed by atoms with Crippen LogP contribution in [0.2, 0.25) is 0 Å². The number of thioether (sulfide) groups is 1. The van der Waals surface area contributed by atoms with Crippen LogP contribution in [0.15, 0.2) is 126 Å². The fourth-order valence-corrected chi connectivity index (χ4v) is 9.00. The number of aromatic nitrogens is 1. The summed E-state index contributed by atoms with van der Waals surface area (Å²) in [5, 5.41) is 7.84. The second-order valence-corrected chi connectivity index (χ2v) is 14.4. The number of fused-ring (bicyclic) bond motifs is 2. The van der Waals surface area contributed by atoms with E-state index in [4.69, 9.17) is 14.7 Å². The van der Waals surface area contributed by atoms with Crippen LogP contribution in [0.4, 0.5) is 4.39 Å². The number of benzene rings is 4. The summed E-state index contributed by atoms with van der Waals surface area (Å²) in [4.78, 5) is 22.9. The molecular weight excluding hydrogens is 644 g/mol. The summed E-state index contributed by atoms with van der Waals surface area (Å²) in [5.41, 5.74) is 5.08. The van der Waals surface area contributed by atoms with E-state index < -0.39 is 11.1 Å². The largest absolute Gasteiger partial charge is 0.481 e. The number of aliphatic imine (C=N–C) groups is 1. The first kappa shape index (κ1) is 32.3. The number of nitrogens with one attached hydrogen (secondary N) is 2. The molecule has 0 spiro atoms. The summed E-state index contributed by atoms with van der Waals surface area (Å²) in [6.07, 6.45) is 4.78. The van der Waals surface area contributed by atoms with Crippen LogP contribution in [0.3, 0.4) is 0 Å². The highest BCUT2D eigenvalue weighted by Crippen LogP contribution is 2.51. The Balaban J connectivity index is 1.28. The van der Waals surface area contributed by atoms with E-state index in [1.54, 1.807) is 24.9 Å². The predicted molar refractivity (Wildman–Crippen MR) is 197 cm³/mol. The van der Waals surface area contributed by atoms with Crippen molar-refractivity contribution in [1.29, 1.82) is 0 Å². The van der Waals surface area contributed by atoms with Crippen molar-refractivity contribution in [2.75, 3.05) is 12.9 Å². The van der Waals surface area contributed by atoms with Gasteiger partial charge in [0.15, 0.2) is 5.17 Å². The molecule has 1 amide bonds. The lowest BCUT2D eigenvalue weighted by molar-refractivity contribution is -0.122. The van der Waals surface area contributed by atoms with Gasteiger partial charge in [-0.15, -0.1) is 0 Å². The summed E-state index contributed by atoms with van der Waals surface area (Å²) < 4.78 is 22.0. The van der Waals surface area contributed by atoms with Gasteiger partial charge in [0.2, 0.25) is 11.8 Å². The maximum absolute atomic E-state index is 16.1. The molecule has 2 atom stereocenters. The number of carbonyl (C=O) groups is 1. The van der Waals surface area contributed by atoms with Gasteiger partial charge in [-0.05, 0) is 53.1 Å². The van der Waals surface area contributed by atoms with E-state index in [2.05, 4.69) is 83.4 Å². The number of nitrogens with zero attached hydrogens (tertiary/aromatic N) is 2. The molecule has 0 bridgehead atoms. The fraction of sp³-hybridized carbons (Fsp3) is 0.262. The molecule has 0 saturated heterocycles. The zero-order valence-electron chi connectivity index (χ0n) is 27.9. The molecule has 1 aromatic heterocycles. The average molecular weight is 683 g/mol. The number of rotatable bonds is 9. The van der Waals surface area contributed by atoms with Crippen LogP contribution in [0, 0.1) is 17.7 Å². The van der Waals surface area contributed by atoms with E-state index in [1.807, 2.05) is 36.5 Å². The van der Waals surface area contributed by atoms with E-state index in [-0.39, 0.29) is 23.6 Å². The van der Waals surface area contributed by atoms with Crippen LogP contribution in [-0.4, -0.2) is 28.9 Å². The van der Waals surface area contributed by atoms with E-state index in [9.17, 15) is 4.79 Å². The number of hydrogen-bond acceptors (Lipinski definition) is 6. The molecule has 4 aromatic carbocycles. The van der Waals surface area contributed by atoms with Gasteiger partial charge in [0.05, 0.1) is 12.6 Å². The van der Waals surface area contributed by atoms with E-state index >= 15 is 4.39 Å². The van der Waals surface area contributed by atoms with E-state index in [0.717, 1.165) is 51.4 Å². The van der Waals surface area contributed by atoms with Crippen molar-refractivity contribution < 1.29 is 13.9 Å². The Morgan fingerprint density at radius 3 is 2.06 bits per heavy atom. The van der Waals surface area contributed by atoms with Gasteiger partial charge in [0.25, 0.3) is 0 Å². The molecule has 5 aromatic rings. The first-order valence-corrected chi connectivity index (χ1v) is 18.2. The summed E-state index contributed by atoms with van der Waals surface area (Å²) in [5.74, 6) is 1.14. The highest BCUT2D eigenvalue weighted by molar-refractivity contribution is 8.13. The molecule has 252 valence electrons. The van der Waals surface area contributed by atoms with Crippen molar-refractivity contribution in [2.45, 2.75) is 43.3 Å². The first-order valence-electron chi connectivity index (χ1n) is 17.3. The fourth-order valence-electron chi connectivity index (χ4n) is 7.80. The second kappa shape index (κ2) is 13.4. The Morgan fingerprint density at radius 2 is 1.48 bits per heavy atom. The van der Waals surface area contributed by atoms with Crippen LogP contribution in [-0.2, 0) is 35.3 Å². The van der Waals surface area contributed by atoms with Gasteiger partial charge in [-0.3, -0.25) is 9.79 Å². The minimum atomic E-state index is -0.924. The molecule has 1 aliphatic heterocycles. The molecule has 8 heteroatoms. The molecule has 50 heavy (non-hydrogen) atoms. The molecule has 2 N–H and O–H groups in total. The van der Waals surface area contributed by atoms with E-state index in [1.165, 1.54) is 6.07 Å². The smallest absolute Gasteiger partial charge is 0.223 e. The Kier molecular flexibility index (Phi) is 8.65. The van der Waals surface area contributed by atoms with Gasteiger partial charge in [-0.1, -0.05) is 121 Å². The molecule has 0 radical (unpaired) electrons. The van der Waals surface area contributed by atoms with Crippen molar-refractivity contribution in [1.82, 2.24) is 15.6 Å². The van der Waals surface area contributed by atoms with Crippen molar-refractivity contribution in [3.8, 4) is 5.88 Å². The van der Waals surface area contributed by atoms with Crippen molar-refractivity contribution >= 4 is 22.8 Å². The molecule has 2 aliphatic carbocycles. The predicted octanol–water partition coefficient (Wildman–Crippen LogP) is 7.55. The zero-order chi connectivity index (χ0) is 34.1. The zero-order valence-corrected chi connectivity index (χ0v) is 28.8. The molecule has 3 aliphatic rings. The maximum Gasteiger partial charge on any atom is 0.223 e. The van der Waals surface area contributed by atoms with Gasteiger partial charge in [-0.25, -0.2) is 9.37 Å². The standard InChI is InChI=1S/C42H39FN4O2S/c1-49-39-35-24-41(36-19-11-12-20-37(36)43)33(23-34(35)29(26-45-39)25-44-38(48)28-21-22-28)27-50-40(46-41)47-42(30-13-5-2-6-14-30,31-15-7-3-8-16-31)32-17-9-4-10-18-32/h2-20,26,28,33H,21-25,27H2,1H3,(H,44,48)(H,46,47)/t33-,41-/m0/s1. The number of halogens is 1. The lowest BCUT2D eigenvalue weighted by atomic mass is 9.67. The molecule has 6 nitrogen and oxygen atoms in total. The van der Waals surface area contributed by atoms with Crippen LogP contribution in [0.25, 0.3) is 0 Å². The van der Waals surface area contributed by atoms with Crippen LogP contribution in [0.5, 0.6) is 5.88 Å². The summed E-state index contributed by atoms with van der Waals surface area (Å²) in [6.45, 7) is 0.408. The monoisotopic (exact) mass is 682 g/mol. The number of methoxy groups -OCH3 is 1. The van der Waals surface area contributed by atoms with Gasteiger partial charge < -0.3 is 15.4 Å². The molecule has 0 unspecified atom stereocenters. The third-order valence-corrected chi connectivity index (χ3v) is 11.5. The maximum atomic E-state index is 16.1. The lowest BCUT2D eigenvalue weighted by Crippen LogP contribution is -2.52. The molecule has 1 saturated carbocycles. The SMILES string of the molecule is COc1ncc(CNC(=O)C2CC2)c2c1C[C@]1(c3ccccc3F)N=C(NC(c3ccccc3)(c3ccccc3)c3ccccc3)SC[C@@H]1C2. The van der Waals surface area contributed by atoms with E-state index in [0.29, 0.717) is 36.6 Å². The van der Waals surface area contributed by atoms with Gasteiger partial charge >= 0.3 is 0 Å². The minimum Gasteiger partial charge on any atom is -0.481 e. The van der Waals surface area contributed by atoms with Crippen molar-refractivity contribution in [2.24, 2.45) is 16.8 Å². The molecule has 8 rings (SSSR count). The number of carbonyl (C=O) groups excluding carboxylic acids is 1. The Hall–Kier alpha value is -4.95. The number of pyridine rings is 1. The van der Waals surface area contributed by atoms with Gasteiger partial charge in [0.1, 0.15) is 11.4 Å². The molecular formula is C42H39FN4O2S. The van der Waals surface area contributed by atoms with Crippen LogP contribution < -0.4 is 15.4 Å². The number of amidine groups is 1. The molecule has 1 fully saturated rings. The third-order valence-electron chi connectivity index (χ3n) is 10.5. The highest BCUT2D eigenvalue weighted by atomic mass is 32.2. The van der Waals surface area contributed by atoms with Crippen molar-refractivity contribution in [3.63, 3.8) is 0 Å². The number of ether oxygens (including phenoxy) is 1. The second-order valence-electron chi connectivity index (χ2n) is 13.4. The normalized spacial score (nSPS) is 19.8. The number of hydrogen-bond donors (Lipinski definition) is 2. The minimum absolute atomic E-state index is 0.0213. The summed E-state index contributed by atoms with van der Waals surface area (Å²) in [7, 11) is 1.62. The Bertz CT molecular complexity index is 1940. The van der Waals surface area contributed by atoms with Crippen molar-refractivity contribution in [3.05, 3.63) is 166 Å². The highest BCUT2D eigenvalue weighted by Gasteiger charge is 2.50. The first-order chi connectivity index (χ1) is 24.5. The Morgan fingerprint density at radius 1 is 0.880 bits per heavy atom. The third kappa shape index (κ3) is 5.75. The number of amides is 1. The van der Waals surface area contributed by atoms with Crippen LogP contribution >= 0.6 is 11.8 Å². The summed E-state index contributed by atoms with van der Waals surface area (Å²) >= 11 is 1.68. The average Bonchev–Trinajstić information content (AvgIpc) is 4.02. The van der Waals surface area contributed by atoms with Gasteiger partial charge in [-0.2, -0.15) is 0 Å². The summed E-state index contributed by atoms with van der Waals surface area (Å²) in [6, 6.07) is 38.4. The van der Waals surface area contributed by atoms with Crippen LogP contribution in [0.1, 0.15) is 51.8 Å². The quantitative estimate of drug-likeness (QED) is 0.157.